The lowest BCUT2D eigenvalue weighted by molar-refractivity contribution is 0.155. The molecular formula is C10H14N4O2. The third-order valence-corrected chi connectivity index (χ3v) is 2.21. The standard InChI is InChI=1S/C10H14N4O2/c1-15-7-9-4-8(13-16-9)6-14-3-2-12-10(14)5-11/h2-4H,5-7,11H2,1H3. The lowest BCUT2D eigenvalue weighted by Gasteiger charge is -2.02. The van der Waals surface area contributed by atoms with Crippen molar-refractivity contribution >= 4 is 0 Å². The van der Waals surface area contributed by atoms with E-state index in [1.54, 1.807) is 13.3 Å². The summed E-state index contributed by atoms with van der Waals surface area (Å²) in [4.78, 5) is 4.13. The van der Waals surface area contributed by atoms with Crippen LogP contribution in [-0.4, -0.2) is 21.8 Å². The third kappa shape index (κ3) is 2.29. The van der Waals surface area contributed by atoms with Gasteiger partial charge in [0.05, 0.1) is 13.1 Å². The van der Waals surface area contributed by atoms with Gasteiger partial charge in [0.25, 0.3) is 0 Å². The molecule has 0 bridgehead atoms. The topological polar surface area (TPSA) is 79.1 Å². The van der Waals surface area contributed by atoms with Crippen LogP contribution in [0.25, 0.3) is 0 Å². The van der Waals surface area contributed by atoms with Crippen molar-refractivity contribution in [1.82, 2.24) is 14.7 Å². The molecule has 2 rings (SSSR count). The molecule has 0 aliphatic carbocycles. The summed E-state index contributed by atoms with van der Waals surface area (Å²) in [6, 6.07) is 1.86. The summed E-state index contributed by atoms with van der Waals surface area (Å²) in [5.74, 6) is 1.54. The van der Waals surface area contributed by atoms with E-state index in [0.717, 1.165) is 11.5 Å². The zero-order chi connectivity index (χ0) is 11.4. The second kappa shape index (κ2) is 4.91. The van der Waals surface area contributed by atoms with Crippen molar-refractivity contribution in [3.05, 3.63) is 35.7 Å². The number of hydrogen-bond acceptors (Lipinski definition) is 5. The monoisotopic (exact) mass is 222 g/mol. The molecule has 0 saturated carbocycles. The second-order valence-electron chi connectivity index (χ2n) is 3.39. The van der Waals surface area contributed by atoms with Crippen LogP contribution in [0.4, 0.5) is 0 Å². The highest BCUT2D eigenvalue weighted by Gasteiger charge is 2.06. The van der Waals surface area contributed by atoms with E-state index in [4.69, 9.17) is 15.0 Å². The first-order valence-electron chi connectivity index (χ1n) is 4.97. The van der Waals surface area contributed by atoms with Gasteiger partial charge in [0.2, 0.25) is 0 Å². The summed E-state index contributed by atoms with van der Waals surface area (Å²) in [5.41, 5.74) is 6.39. The van der Waals surface area contributed by atoms with Crippen LogP contribution in [-0.2, 0) is 24.4 Å². The van der Waals surface area contributed by atoms with E-state index in [1.807, 2.05) is 16.8 Å². The predicted molar refractivity (Wildman–Crippen MR) is 56.4 cm³/mol. The van der Waals surface area contributed by atoms with Crippen LogP contribution in [0.1, 0.15) is 17.3 Å². The fourth-order valence-electron chi connectivity index (χ4n) is 1.49. The number of nitrogens with zero attached hydrogens (tertiary/aromatic N) is 3. The fraction of sp³-hybridized carbons (Fsp3) is 0.400. The molecular weight excluding hydrogens is 208 g/mol. The highest BCUT2D eigenvalue weighted by molar-refractivity contribution is 5.06. The summed E-state index contributed by atoms with van der Waals surface area (Å²) in [7, 11) is 1.62. The van der Waals surface area contributed by atoms with Gasteiger partial charge < -0.3 is 19.6 Å². The number of rotatable bonds is 5. The van der Waals surface area contributed by atoms with E-state index in [9.17, 15) is 0 Å². The average Bonchev–Trinajstić information content (AvgIpc) is 2.89. The van der Waals surface area contributed by atoms with Gasteiger partial charge in [-0.3, -0.25) is 0 Å². The molecule has 0 radical (unpaired) electrons. The minimum Gasteiger partial charge on any atom is -0.377 e. The lowest BCUT2D eigenvalue weighted by Crippen LogP contribution is -2.08. The molecule has 6 heteroatoms. The Morgan fingerprint density at radius 1 is 1.56 bits per heavy atom. The molecule has 0 unspecified atom stereocenters. The molecule has 2 aromatic rings. The molecule has 0 aliphatic heterocycles. The van der Waals surface area contributed by atoms with E-state index in [-0.39, 0.29) is 0 Å². The van der Waals surface area contributed by atoms with E-state index < -0.39 is 0 Å². The van der Waals surface area contributed by atoms with E-state index in [2.05, 4.69) is 10.1 Å². The van der Waals surface area contributed by atoms with Gasteiger partial charge in [0.1, 0.15) is 18.1 Å². The maximum absolute atomic E-state index is 5.55. The average molecular weight is 222 g/mol. The first-order chi connectivity index (χ1) is 7.83. The van der Waals surface area contributed by atoms with Crippen LogP contribution in [0.2, 0.25) is 0 Å². The maximum atomic E-state index is 5.55. The van der Waals surface area contributed by atoms with Crippen LogP contribution < -0.4 is 5.73 Å². The van der Waals surface area contributed by atoms with Gasteiger partial charge in [-0.15, -0.1) is 0 Å². The van der Waals surface area contributed by atoms with E-state index in [0.29, 0.717) is 25.5 Å². The predicted octanol–water partition coefficient (Wildman–Crippen LogP) is 0.525. The summed E-state index contributed by atoms with van der Waals surface area (Å²) in [6.07, 6.45) is 3.59. The van der Waals surface area contributed by atoms with Crippen LogP contribution >= 0.6 is 0 Å². The Labute approximate surface area is 93.0 Å². The van der Waals surface area contributed by atoms with Gasteiger partial charge in [-0.25, -0.2) is 4.98 Å². The number of methoxy groups -OCH3 is 1. The highest BCUT2D eigenvalue weighted by atomic mass is 16.5. The van der Waals surface area contributed by atoms with Gasteiger partial charge in [0, 0.05) is 25.6 Å². The minimum atomic E-state index is 0.412. The van der Waals surface area contributed by atoms with Crippen molar-refractivity contribution in [2.75, 3.05) is 7.11 Å². The fourth-order valence-corrected chi connectivity index (χ4v) is 1.49. The Hall–Kier alpha value is -1.66. The molecule has 0 aromatic carbocycles. The molecule has 6 nitrogen and oxygen atoms in total. The zero-order valence-corrected chi connectivity index (χ0v) is 9.09. The van der Waals surface area contributed by atoms with E-state index in [1.165, 1.54) is 0 Å². The highest BCUT2D eigenvalue weighted by Crippen LogP contribution is 2.08. The van der Waals surface area contributed by atoms with E-state index >= 15 is 0 Å². The molecule has 0 spiro atoms. The molecule has 0 atom stereocenters. The number of imidazole rings is 1. The molecule has 0 amide bonds. The van der Waals surface area contributed by atoms with Gasteiger partial charge in [-0.1, -0.05) is 5.16 Å². The smallest absolute Gasteiger partial charge is 0.162 e. The van der Waals surface area contributed by atoms with Crippen LogP contribution in [0.5, 0.6) is 0 Å². The van der Waals surface area contributed by atoms with Crippen molar-refractivity contribution in [1.29, 1.82) is 0 Å². The van der Waals surface area contributed by atoms with Crippen molar-refractivity contribution in [2.45, 2.75) is 19.7 Å². The first kappa shape index (κ1) is 10.8. The third-order valence-electron chi connectivity index (χ3n) is 2.21. The van der Waals surface area contributed by atoms with Crippen molar-refractivity contribution in [3.8, 4) is 0 Å². The molecule has 16 heavy (non-hydrogen) atoms. The zero-order valence-electron chi connectivity index (χ0n) is 9.09. The van der Waals surface area contributed by atoms with Crippen LogP contribution in [0.3, 0.4) is 0 Å². The summed E-state index contributed by atoms with van der Waals surface area (Å²) in [6.45, 7) is 1.45. The van der Waals surface area contributed by atoms with Gasteiger partial charge >= 0.3 is 0 Å². The Kier molecular flexibility index (Phi) is 3.33. The number of nitrogens with two attached hydrogens (primary N) is 1. The number of ether oxygens (including phenoxy) is 1. The molecule has 2 heterocycles. The van der Waals surface area contributed by atoms with Crippen LogP contribution in [0.15, 0.2) is 23.0 Å². The molecule has 86 valence electrons. The summed E-state index contributed by atoms with van der Waals surface area (Å²) >= 11 is 0. The molecule has 0 aliphatic rings. The van der Waals surface area contributed by atoms with Crippen molar-refractivity contribution < 1.29 is 9.26 Å². The second-order valence-corrected chi connectivity index (χ2v) is 3.39. The largest absolute Gasteiger partial charge is 0.377 e. The molecule has 2 aromatic heterocycles. The minimum absolute atomic E-state index is 0.412. The lowest BCUT2D eigenvalue weighted by atomic mass is 10.3. The summed E-state index contributed by atoms with van der Waals surface area (Å²) in [5, 5.41) is 3.94. The molecule has 0 fully saturated rings. The van der Waals surface area contributed by atoms with Gasteiger partial charge in [-0.05, 0) is 0 Å². The van der Waals surface area contributed by atoms with Crippen molar-refractivity contribution in [2.24, 2.45) is 5.73 Å². The van der Waals surface area contributed by atoms with Crippen LogP contribution in [0, 0.1) is 0 Å². The Morgan fingerprint density at radius 2 is 2.44 bits per heavy atom. The number of hydrogen-bond donors (Lipinski definition) is 1. The first-order valence-corrected chi connectivity index (χ1v) is 4.97. The molecule has 0 saturated heterocycles. The van der Waals surface area contributed by atoms with Gasteiger partial charge in [-0.2, -0.15) is 0 Å². The quantitative estimate of drug-likeness (QED) is 0.798. The summed E-state index contributed by atoms with van der Waals surface area (Å²) < 4.78 is 12.0. The van der Waals surface area contributed by atoms with Gasteiger partial charge in [0.15, 0.2) is 5.76 Å². The normalized spacial score (nSPS) is 10.9. The molecule has 2 N–H and O–H groups in total. The number of aromatic nitrogens is 3. The Bertz CT molecular complexity index is 449. The Morgan fingerprint density at radius 3 is 3.19 bits per heavy atom. The SMILES string of the molecule is COCc1cc(Cn2ccnc2CN)no1. The maximum Gasteiger partial charge on any atom is 0.162 e. The Balaban J connectivity index is 2.08. The van der Waals surface area contributed by atoms with Crippen molar-refractivity contribution in [3.63, 3.8) is 0 Å².